The van der Waals surface area contributed by atoms with Gasteiger partial charge >= 0.3 is 0 Å². The summed E-state index contributed by atoms with van der Waals surface area (Å²) in [4.78, 5) is 25.0. The van der Waals surface area contributed by atoms with Crippen LogP contribution in [0.25, 0.3) is 0 Å². The maximum absolute atomic E-state index is 12.5. The second-order valence-electron chi connectivity index (χ2n) is 6.83. The summed E-state index contributed by atoms with van der Waals surface area (Å²) < 4.78 is 5.58. The van der Waals surface area contributed by atoms with Crippen LogP contribution in [0.15, 0.2) is 53.6 Å². The van der Waals surface area contributed by atoms with E-state index in [-0.39, 0.29) is 5.92 Å². The third-order valence-corrected chi connectivity index (χ3v) is 4.40. The van der Waals surface area contributed by atoms with Crippen molar-refractivity contribution in [3.05, 3.63) is 64.7 Å². The van der Waals surface area contributed by atoms with Crippen LogP contribution in [0.2, 0.25) is 5.02 Å². The Balaban J connectivity index is 2.00. The minimum Gasteiger partial charge on any atom is -0.494 e. The number of amides is 2. The molecule has 1 unspecified atom stereocenters. The number of hydrogen-bond acceptors (Lipinski definition) is 4. The van der Waals surface area contributed by atoms with Crippen molar-refractivity contribution >= 4 is 29.6 Å². The summed E-state index contributed by atoms with van der Waals surface area (Å²) in [6.07, 6.45) is 2.45. The standard InChI is InChI=1S/C22H26ClN3O3/c1-4-12-29-17-9-7-8-16(13-17)14-24-26-22(28)20(15(2)3)25-21(27)18-10-5-6-11-19(18)23/h5-11,13-15,20H,4,12H2,1-3H3,(H,25,27)(H,26,28)/b24-14+. The van der Waals surface area contributed by atoms with Crippen molar-refractivity contribution in [2.45, 2.75) is 33.2 Å². The Morgan fingerprint density at radius 3 is 2.62 bits per heavy atom. The van der Waals surface area contributed by atoms with Crippen molar-refractivity contribution in [3.63, 3.8) is 0 Å². The number of hydrogen-bond donors (Lipinski definition) is 2. The maximum atomic E-state index is 12.5. The van der Waals surface area contributed by atoms with Crippen molar-refractivity contribution < 1.29 is 14.3 Å². The molecule has 154 valence electrons. The Morgan fingerprint density at radius 1 is 1.17 bits per heavy atom. The van der Waals surface area contributed by atoms with Gasteiger partial charge in [0.25, 0.3) is 11.8 Å². The van der Waals surface area contributed by atoms with Gasteiger partial charge in [-0.3, -0.25) is 9.59 Å². The fourth-order valence-electron chi connectivity index (χ4n) is 2.54. The zero-order valence-corrected chi connectivity index (χ0v) is 17.6. The normalized spacial score (nSPS) is 12.0. The van der Waals surface area contributed by atoms with Crippen LogP contribution in [-0.2, 0) is 4.79 Å². The zero-order valence-electron chi connectivity index (χ0n) is 16.8. The van der Waals surface area contributed by atoms with Crippen LogP contribution in [0.1, 0.15) is 43.1 Å². The van der Waals surface area contributed by atoms with Crippen LogP contribution in [0.3, 0.4) is 0 Å². The molecule has 0 bridgehead atoms. The predicted molar refractivity (Wildman–Crippen MR) is 116 cm³/mol. The minimum atomic E-state index is -0.754. The molecule has 29 heavy (non-hydrogen) atoms. The first kappa shape index (κ1) is 22.4. The number of carbonyl (C=O) groups excluding carboxylic acids is 2. The number of nitrogens with zero attached hydrogens (tertiary/aromatic N) is 1. The number of ether oxygens (including phenoxy) is 1. The molecule has 0 saturated carbocycles. The number of benzene rings is 2. The van der Waals surface area contributed by atoms with Gasteiger partial charge in [-0.2, -0.15) is 5.10 Å². The third kappa shape index (κ3) is 6.91. The Morgan fingerprint density at radius 2 is 1.93 bits per heavy atom. The van der Waals surface area contributed by atoms with Crippen molar-refractivity contribution in [1.29, 1.82) is 0 Å². The fourth-order valence-corrected chi connectivity index (χ4v) is 2.77. The molecule has 0 saturated heterocycles. The molecule has 0 aliphatic rings. The van der Waals surface area contributed by atoms with Crippen molar-refractivity contribution in [2.75, 3.05) is 6.61 Å². The summed E-state index contributed by atoms with van der Waals surface area (Å²) in [6, 6.07) is 13.4. The van der Waals surface area contributed by atoms with E-state index in [1.54, 1.807) is 24.3 Å². The number of carbonyl (C=O) groups is 2. The Kier molecular flexibility index (Phi) is 8.68. The first-order valence-corrected chi connectivity index (χ1v) is 9.91. The molecular weight excluding hydrogens is 390 g/mol. The molecular formula is C22H26ClN3O3. The van der Waals surface area contributed by atoms with Gasteiger partial charge in [-0.1, -0.05) is 56.6 Å². The lowest BCUT2D eigenvalue weighted by molar-refractivity contribution is -0.123. The third-order valence-electron chi connectivity index (χ3n) is 4.07. The molecule has 2 rings (SSSR count). The SMILES string of the molecule is CCCOc1cccc(/C=N/NC(=O)C(NC(=O)c2ccccc2Cl)C(C)C)c1. The van der Waals surface area contributed by atoms with E-state index in [1.165, 1.54) is 6.21 Å². The fraction of sp³-hybridized carbons (Fsp3) is 0.318. The number of rotatable bonds is 9. The van der Waals surface area contributed by atoms with Gasteiger partial charge < -0.3 is 10.1 Å². The molecule has 0 aromatic heterocycles. The molecule has 0 aliphatic carbocycles. The Labute approximate surface area is 176 Å². The largest absolute Gasteiger partial charge is 0.494 e. The van der Waals surface area contributed by atoms with Crippen molar-refractivity contribution in [2.24, 2.45) is 11.0 Å². The Hall–Kier alpha value is -2.86. The molecule has 0 heterocycles. The average molecular weight is 416 g/mol. The van der Waals surface area contributed by atoms with E-state index in [0.29, 0.717) is 17.2 Å². The van der Waals surface area contributed by atoms with Gasteiger partial charge in [-0.05, 0) is 42.2 Å². The highest BCUT2D eigenvalue weighted by atomic mass is 35.5. The molecule has 2 N–H and O–H groups in total. The lowest BCUT2D eigenvalue weighted by atomic mass is 10.0. The quantitative estimate of drug-likeness (QED) is 0.479. The van der Waals surface area contributed by atoms with Crippen LogP contribution in [0, 0.1) is 5.92 Å². The highest BCUT2D eigenvalue weighted by Gasteiger charge is 2.25. The monoisotopic (exact) mass is 415 g/mol. The predicted octanol–water partition coefficient (Wildman–Crippen LogP) is 4.03. The van der Waals surface area contributed by atoms with Crippen LogP contribution in [0.5, 0.6) is 5.75 Å². The molecule has 2 amide bonds. The molecule has 2 aromatic carbocycles. The maximum Gasteiger partial charge on any atom is 0.262 e. The molecule has 0 fully saturated rings. The highest BCUT2D eigenvalue weighted by Crippen LogP contribution is 2.15. The number of halogens is 1. The first-order chi connectivity index (χ1) is 13.9. The smallest absolute Gasteiger partial charge is 0.262 e. The number of hydrazone groups is 1. The zero-order chi connectivity index (χ0) is 21.2. The average Bonchev–Trinajstić information content (AvgIpc) is 2.70. The summed E-state index contributed by atoms with van der Waals surface area (Å²) in [6.45, 7) is 6.36. The Bertz CT molecular complexity index is 868. The number of nitrogens with one attached hydrogen (secondary N) is 2. The topological polar surface area (TPSA) is 79.8 Å². The van der Waals surface area contributed by atoms with Crippen LogP contribution in [-0.4, -0.2) is 30.7 Å². The van der Waals surface area contributed by atoms with E-state index in [9.17, 15) is 9.59 Å². The summed E-state index contributed by atoms with van der Waals surface area (Å²) in [7, 11) is 0. The van der Waals surface area contributed by atoms with Crippen LogP contribution < -0.4 is 15.5 Å². The van der Waals surface area contributed by atoms with Gasteiger partial charge in [0.05, 0.1) is 23.4 Å². The van der Waals surface area contributed by atoms with Gasteiger partial charge in [0.1, 0.15) is 11.8 Å². The molecule has 6 nitrogen and oxygen atoms in total. The minimum absolute atomic E-state index is 0.137. The van der Waals surface area contributed by atoms with E-state index < -0.39 is 17.9 Å². The van der Waals surface area contributed by atoms with Crippen LogP contribution in [0.4, 0.5) is 0 Å². The van der Waals surface area contributed by atoms with E-state index in [0.717, 1.165) is 17.7 Å². The van der Waals surface area contributed by atoms with Gasteiger partial charge in [0.15, 0.2) is 0 Å². The molecule has 1 atom stereocenters. The summed E-state index contributed by atoms with van der Waals surface area (Å²) in [5.41, 5.74) is 3.60. The van der Waals surface area contributed by atoms with Gasteiger partial charge in [-0.25, -0.2) is 5.43 Å². The van der Waals surface area contributed by atoms with E-state index in [2.05, 4.69) is 15.8 Å². The highest BCUT2D eigenvalue weighted by molar-refractivity contribution is 6.33. The summed E-state index contributed by atoms with van der Waals surface area (Å²) in [5, 5.41) is 7.06. The lowest BCUT2D eigenvalue weighted by Gasteiger charge is -2.20. The van der Waals surface area contributed by atoms with Crippen molar-refractivity contribution in [1.82, 2.24) is 10.7 Å². The van der Waals surface area contributed by atoms with Gasteiger partial charge in [-0.15, -0.1) is 0 Å². The van der Waals surface area contributed by atoms with Crippen LogP contribution >= 0.6 is 11.6 Å². The van der Waals surface area contributed by atoms with Crippen molar-refractivity contribution in [3.8, 4) is 5.75 Å². The molecule has 0 aliphatic heterocycles. The summed E-state index contributed by atoms with van der Waals surface area (Å²) in [5.74, 6) is -0.208. The molecule has 0 spiro atoms. The van der Waals surface area contributed by atoms with Gasteiger partial charge in [0, 0.05) is 0 Å². The summed E-state index contributed by atoms with van der Waals surface area (Å²) >= 11 is 6.06. The van der Waals surface area contributed by atoms with E-state index in [1.807, 2.05) is 45.0 Å². The second kappa shape index (κ2) is 11.2. The van der Waals surface area contributed by atoms with E-state index >= 15 is 0 Å². The second-order valence-corrected chi connectivity index (χ2v) is 7.24. The lowest BCUT2D eigenvalue weighted by Crippen LogP contribution is -2.48. The molecule has 7 heteroatoms. The first-order valence-electron chi connectivity index (χ1n) is 9.53. The van der Waals surface area contributed by atoms with Gasteiger partial charge in [0.2, 0.25) is 0 Å². The molecule has 2 aromatic rings. The molecule has 0 radical (unpaired) electrons. The van der Waals surface area contributed by atoms with E-state index in [4.69, 9.17) is 16.3 Å².